The molecule has 0 atom stereocenters. The van der Waals surface area contributed by atoms with Gasteiger partial charge in [0, 0.05) is 20.3 Å². The first-order valence-electron chi connectivity index (χ1n) is 7.70. The van der Waals surface area contributed by atoms with E-state index in [2.05, 4.69) is 15.6 Å². The molecular weight excluding hydrogens is 320 g/mol. The largest absolute Gasteiger partial charge is 0.385 e. The number of hydrogen-bond acceptors (Lipinski definition) is 5. The van der Waals surface area contributed by atoms with Crippen LogP contribution in [0.4, 0.5) is 5.69 Å². The average Bonchev–Trinajstić information content (AvgIpc) is 2.65. The van der Waals surface area contributed by atoms with E-state index in [0.29, 0.717) is 30.8 Å². The number of para-hydroxylation sites is 1. The Morgan fingerprint density at radius 1 is 1.12 bits per heavy atom. The summed E-state index contributed by atoms with van der Waals surface area (Å²) in [6.45, 7) is 1.01. The number of nitrogens with zero attached hydrogens (tertiary/aromatic N) is 2. The van der Waals surface area contributed by atoms with Crippen LogP contribution in [0.25, 0.3) is 0 Å². The SMILES string of the molecule is COCCCNC(=O)c1cccc(C(=O)Nc2ccccc2C#N)n1. The molecule has 0 aliphatic rings. The molecule has 0 radical (unpaired) electrons. The van der Waals surface area contributed by atoms with E-state index in [1.807, 2.05) is 6.07 Å². The van der Waals surface area contributed by atoms with Gasteiger partial charge in [-0.25, -0.2) is 4.98 Å². The Balaban J connectivity index is 2.06. The molecule has 2 aromatic rings. The Labute approximate surface area is 145 Å². The maximum Gasteiger partial charge on any atom is 0.274 e. The summed E-state index contributed by atoms with van der Waals surface area (Å²) < 4.78 is 4.91. The molecular formula is C18H18N4O3. The molecule has 0 aliphatic carbocycles. The van der Waals surface area contributed by atoms with Crippen molar-refractivity contribution >= 4 is 17.5 Å². The molecule has 0 fully saturated rings. The molecule has 0 saturated carbocycles. The molecule has 2 rings (SSSR count). The van der Waals surface area contributed by atoms with E-state index in [-0.39, 0.29) is 17.3 Å². The van der Waals surface area contributed by atoms with Crippen LogP contribution in [-0.2, 0) is 4.74 Å². The topological polar surface area (TPSA) is 104 Å². The lowest BCUT2D eigenvalue weighted by Gasteiger charge is -2.08. The van der Waals surface area contributed by atoms with Gasteiger partial charge in [0.2, 0.25) is 0 Å². The summed E-state index contributed by atoms with van der Waals surface area (Å²) >= 11 is 0. The van der Waals surface area contributed by atoms with E-state index in [1.165, 1.54) is 12.1 Å². The molecule has 0 saturated heterocycles. The van der Waals surface area contributed by atoms with Crippen LogP contribution >= 0.6 is 0 Å². The van der Waals surface area contributed by atoms with Crippen molar-refractivity contribution in [2.75, 3.05) is 25.6 Å². The van der Waals surface area contributed by atoms with Crippen molar-refractivity contribution in [1.29, 1.82) is 5.26 Å². The smallest absolute Gasteiger partial charge is 0.274 e. The fraction of sp³-hybridized carbons (Fsp3) is 0.222. The van der Waals surface area contributed by atoms with Crippen molar-refractivity contribution < 1.29 is 14.3 Å². The number of rotatable bonds is 7. The molecule has 25 heavy (non-hydrogen) atoms. The Bertz CT molecular complexity index is 799. The van der Waals surface area contributed by atoms with Gasteiger partial charge in [-0.1, -0.05) is 18.2 Å². The lowest BCUT2D eigenvalue weighted by Crippen LogP contribution is -2.27. The maximum absolute atomic E-state index is 12.3. The minimum absolute atomic E-state index is 0.0947. The first-order chi connectivity index (χ1) is 12.2. The summed E-state index contributed by atoms with van der Waals surface area (Å²) in [7, 11) is 1.59. The zero-order valence-electron chi connectivity index (χ0n) is 13.8. The average molecular weight is 338 g/mol. The van der Waals surface area contributed by atoms with Gasteiger partial charge in [0.05, 0.1) is 11.3 Å². The fourth-order valence-electron chi connectivity index (χ4n) is 2.07. The van der Waals surface area contributed by atoms with Crippen LogP contribution in [0.1, 0.15) is 33.0 Å². The molecule has 0 bridgehead atoms. The molecule has 1 heterocycles. The number of anilines is 1. The van der Waals surface area contributed by atoms with Crippen LogP contribution in [0.15, 0.2) is 42.5 Å². The van der Waals surface area contributed by atoms with Crippen molar-refractivity contribution in [2.24, 2.45) is 0 Å². The lowest BCUT2D eigenvalue weighted by molar-refractivity contribution is 0.0943. The summed E-state index contributed by atoms with van der Waals surface area (Å²) in [4.78, 5) is 28.5. The lowest BCUT2D eigenvalue weighted by atomic mass is 10.2. The molecule has 128 valence electrons. The van der Waals surface area contributed by atoms with Gasteiger partial charge in [-0.15, -0.1) is 0 Å². The van der Waals surface area contributed by atoms with Gasteiger partial charge in [-0.2, -0.15) is 5.26 Å². The van der Waals surface area contributed by atoms with E-state index in [0.717, 1.165) is 0 Å². The second-order valence-corrected chi connectivity index (χ2v) is 5.12. The number of carbonyl (C=O) groups excluding carboxylic acids is 2. The second-order valence-electron chi connectivity index (χ2n) is 5.12. The van der Waals surface area contributed by atoms with Crippen LogP contribution in [0.3, 0.4) is 0 Å². The third-order valence-electron chi connectivity index (χ3n) is 3.32. The molecule has 7 heteroatoms. The molecule has 0 spiro atoms. The van der Waals surface area contributed by atoms with E-state index in [4.69, 9.17) is 10.00 Å². The molecule has 1 aromatic carbocycles. The number of benzene rings is 1. The summed E-state index contributed by atoms with van der Waals surface area (Å²) in [6, 6.07) is 13.3. The summed E-state index contributed by atoms with van der Waals surface area (Å²) in [5.41, 5.74) is 0.991. The molecule has 1 aromatic heterocycles. The number of hydrogen-bond donors (Lipinski definition) is 2. The Kier molecular flexibility index (Phi) is 6.63. The van der Waals surface area contributed by atoms with Crippen molar-refractivity contribution in [3.8, 4) is 6.07 Å². The number of pyridine rings is 1. The van der Waals surface area contributed by atoms with E-state index < -0.39 is 5.91 Å². The zero-order chi connectivity index (χ0) is 18.1. The Morgan fingerprint density at radius 3 is 2.56 bits per heavy atom. The van der Waals surface area contributed by atoms with Crippen molar-refractivity contribution in [1.82, 2.24) is 10.3 Å². The number of nitriles is 1. The van der Waals surface area contributed by atoms with Crippen LogP contribution < -0.4 is 10.6 Å². The number of nitrogens with one attached hydrogen (secondary N) is 2. The predicted octanol–water partition coefficient (Wildman–Crippen LogP) is 1.97. The fourth-order valence-corrected chi connectivity index (χ4v) is 2.07. The van der Waals surface area contributed by atoms with Gasteiger partial charge in [-0.05, 0) is 30.7 Å². The highest BCUT2D eigenvalue weighted by Gasteiger charge is 2.13. The first kappa shape index (κ1) is 18.1. The normalized spacial score (nSPS) is 9.92. The van der Waals surface area contributed by atoms with Crippen LogP contribution in [0.5, 0.6) is 0 Å². The van der Waals surface area contributed by atoms with Crippen LogP contribution in [0.2, 0.25) is 0 Å². The molecule has 2 amide bonds. The highest BCUT2D eigenvalue weighted by atomic mass is 16.5. The highest BCUT2D eigenvalue weighted by Crippen LogP contribution is 2.14. The van der Waals surface area contributed by atoms with Crippen LogP contribution in [-0.4, -0.2) is 37.1 Å². The quantitative estimate of drug-likeness (QED) is 0.751. The predicted molar refractivity (Wildman–Crippen MR) is 92.2 cm³/mol. The monoisotopic (exact) mass is 338 g/mol. The number of ether oxygens (including phenoxy) is 1. The van der Waals surface area contributed by atoms with Crippen molar-refractivity contribution in [3.05, 3.63) is 59.4 Å². The van der Waals surface area contributed by atoms with Crippen LogP contribution in [0, 0.1) is 11.3 Å². The number of methoxy groups -OCH3 is 1. The summed E-state index contributed by atoms with van der Waals surface area (Å²) in [5.74, 6) is -0.847. The van der Waals surface area contributed by atoms with Gasteiger partial charge < -0.3 is 15.4 Å². The summed E-state index contributed by atoms with van der Waals surface area (Å²) in [5, 5.41) is 14.4. The second kappa shape index (κ2) is 9.15. The number of carbonyl (C=O) groups is 2. The van der Waals surface area contributed by atoms with Crippen molar-refractivity contribution in [2.45, 2.75) is 6.42 Å². The third-order valence-corrected chi connectivity index (χ3v) is 3.32. The Morgan fingerprint density at radius 2 is 1.84 bits per heavy atom. The number of amides is 2. The van der Waals surface area contributed by atoms with E-state index >= 15 is 0 Å². The Hall–Kier alpha value is -3.24. The van der Waals surface area contributed by atoms with Gasteiger partial charge in [0.15, 0.2) is 0 Å². The molecule has 2 N–H and O–H groups in total. The van der Waals surface area contributed by atoms with Crippen molar-refractivity contribution in [3.63, 3.8) is 0 Å². The maximum atomic E-state index is 12.3. The highest BCUT2D eigenvalue weighted by molar-refractivity contribution is 6.04. The van der Waals surface area contributed by atoms with Gasteiger partial charge >= 0.3 is 0 Å². The third kappa shape index (κ3) is 5.12. The zero-order valence-corrected chi connectivity index (χ0v) is 13.8. The standard InChI is InChI=1S/C18H18N4O3/c1-25-11-5-10-20-17(23)15-8-4-9-16(21-15)18(24)22-14-7-3-2-6-13(14)12-19/h2-4,6-9H,5,10-11H2,1H3,(H,20,23)(H,22,24). The molecule has 7 nitrogen and oxygen atoms in total. The summed E-state index contributed by atoms with van der Waals surface area (Å²) in [6.07, 6.45) is 0.688. The molecule has 0 unspecified atom stereocenters. The molecule has 0 aliphatic heterocycles. The minimum Gasteiger partial charge on any atom is -0.385 e. The van der Waals surface area contributed by atoms with E-state index in [1.54, 1.807) is 37.4 Å². The van der Waals surface area contributed by atoms with Gasteiger partial charge in [0.25, 0.3) is 11.8 Å². The number of aromatic nitrogens is 1. The van der Waals surface area contributed by atoms with Gasteiger partial charge in [-0.3, -0.25) is 9.59 Å². The van der Waals surface area contributed by atoms with E-state index in [9.17, 15) is 9.59 Å². The minimum atomic E-state index is -0.489. The first-order valence-corrected chi connectivity index (χ1v) is 7.70. The van der Waals surface area contributed by atoms with Gasteiger partial charge in [0.1, 0.15) is 17.5 Å².